The zero-order valence-corrected chi connectivity index (χ0v) is 13.5. The summed E-state index contributed by atoms with van der Waals surface area (Å²) in [6, 6.07) is 6.29. The van der Waals surface area contributed by atoms with Crippen LogP contribution in [0.4, 0.5) is 9.18 Å². The van der Waals surface area contributed by atoms with E-state index >= 15 is 0 Å². The minimum Gasteiger partial charge on any atom is -0.444 e. The Morgan fingerprint density at radius 1 is 1.22 bits per heavy atom. The molecule has 6 heteroatoms. The van der Waals surface area contributed by atoms with Crippen molar-refractivity contribution in [2.75, 3.05) is 6.54 Å². The molecule has 1 aromatic heterocycles. The van der Waals surface area contributed by atoms with E-state index in [0.29, 0.717) is 19.6 Å². The van der Waals surface area contributed by atoms with Crippen molar-refractivity contribution in [1.82, 2.24) is 14.7 Å². The average Bonchev–Trinajstić information content (AvgIpc) is 2.89. The summed E-state index contributed by atoms with van der Waals surface area (Å²) >= 11 is 0. The summed E-state index contributed by atoms with van der Waals surface area (Å²) in [6.45, 7) is 7.17. The van der Waals surface area contributed by atoms with Crippen LogP contribution in [-0.4, -0.2) is 32.9 Å². The van der Waals surface area contributed by atoms with Crippen molar-refractivity contribution in [2.45, 2.75) is 39.5 Å². The molecule has 0 N–H and O–H groups in total. The van der Waals surface area contributed by atoms with Crippen molar-refractivity contribution < 1.29 is 13.9 Å². The molecule has 0 fully saturated rings. The molecule has 0 unspecified atom stereocenters. The molecule has 0 atom stereocenters. The van der Waals surface area contributed by atoms with Crippen LogP contribution in [0.2, 0.25) is 0 Å². The van der Waals surface area contributed by atoms with Gasteiger partial charge in [-0.2, -0.15) is 5.10 Å². The van der Waals surface area contributed by atoms with Gasteiger partial charge in [-0.15, -0.1) is 0 Å². The summed E-state index contributed by atoms with van der Waals surface area (Å²) in [5, 5.41) is 4.37. The third-order valence-corrected chi connectivity index (χ3v) is 3.68. The van der Waals surface area contributed by atoms with Gasteiger partial charge in [-0.05, 0) is 38.5 Å². The maximum Gasteiger partial charge on any atom is 0.410 e. The van der Waals surface area contributed by atoms with E-state index in [2.05, 4.69) is 5.10 Å². The molecule has 0 aliphatic carbocycles. The van der Waals surface area contributed by atoms with Crippen molar-refractivity contribution in [2.24, 2.45) is 0 Å². The number of hydrogen-bond donors (Lipinski definition) is 0. The van der Waals surface area contributed by atoms with Gasteiger partial charge in [0.05, 0.1) is 25.0 Å². The lowest BCUT2D eigenvalue weighted by Crippen LogP contribution is -2.41. The maximum absolute atomic E-state index is 13.1. The number of benzene rings is 1. The van der Waals surface area contributed by atoms with E-state index in [1.807, 2.05) is 25.5 Å². The number of ether oxygens (including phenoxy) is 1. The largest absolute Gasteiger partial charge is 0.444 e. The van der Waals surface area contributed by atoms with E-state index in [4.69, 9.17) is 4.74 Å². The highest BCUT2D eigenvalue weighted by molar-refractivity contribution is 5.70. The molecule has 0 bridgehead atoms. The van der Waals surface area contributed by atoms with Crippen molar-refractivity contribution >= 4 is 6.09 Å². The fourth-order valence-corrected chi connectivity index (χ4v) is 2.60. The van der Waals surface area contributed by atoms with E-state index in [9.17, 15) is 9.18 Å². The number of aromatic nitrogens is 2. The van der Waals surface area contributed by atoms with Crippen LogP contribution in [-0.2, 0) is 17.8 Å². The zero-order chi connectivity index (χ0) is 16.6. The first-order valence-corrected chi connectivity index (χ1v) is 7.62. The van der Waals surface area contributed by atoms with Gasteiger partial charge in [0.15, 0.2) is 0 Å². The molecule has 1 aromatic carbocycles. The molecule has 2 aromatic rings. The molecular formula is C17H20FN3O2. The lowest BCUT2D eigenvalue weighted by molar-refractivity contribution is 0.0195. The van der Waals surface area contributed by atoms with Gasteiger partial charge in [-0.25, -0.2) is 9.18 Å². The predicted octanol–water partition coefficient (Wildman–Crippen LogP) is 3.44. The van der Waals surface area contributed by atoms with Gasteiger partial charge in [0.2, 0.25) is 0 Å². The first-order valence-electron chi connectivity index (χ1n) is 7.62. The molecular weight excluding hydrogens is 297 g/mol. The summed E-state index contributed by atoms with van der Waals surface area (Å²) in [5.74, 6) is -0.273. The fourth-order valence-electron chi connectivity index (χ4n) is 2.60. The van der Waals surface area contributed by atoms with Crippen LogP contribution in [0.3, 0.4) is 0 Å². The van der Waals surface area contributed by atoms with Crippen molar-refractivity contribution in [3.63, 3.8) is 0 Å². The SMILES string of the molecule is CC(C)(C)OC(=O)N1CCn2ncc(-c3ccc(F)cc3)c2C1. The van der Waals surface area contributed by atoms with Gasteiger partial charge in [0.1, 0.15) is 11.4 Å². The van der Waals surface area contributed by atoms with Gasteiger partial charge < -0.3 is 9.64 Å². The Bertz CT molecular complexity index is 716. The monoisotopic (exact) mass is 317 g/mol. The van der Waals surface area contributed by atoms with Crippen molar-refractivity contribution in [1.29, 1.82) is 0 Å². The van der Waals surface area contributed by atoms with Crippen LogP contribution >= 0.6 is 0 Å². The Balaban J connectivity index is 1.84. The second kappa shape index (κ2) is 5.68. The minimum absolute atomic E-state index is 0.273. The van der Waals surface area contributed by atoms with Gasteiger partial charge in [0, 0.05) is 12.1 Å². The highest BCUT2D eigenvalue weighted by Crippen LogP contribution is 2.27. The van der Waals surface area contributed by atoms with Gasteiger partial charge in [0.25, 0.3) is 0 Å². The van der Waals surface area contributed by atoms with Crippen LogP contribution in [0.1, 0.15) is 26.5 Å². The number of fused-ring (bicyclic) bond motifs is 1. The Labute approximate surface area is 134 Å². The van der Waals surface area contributed by atoms with E-state index in [1.54, 1.807) is 23.2 Å². The molecule has 122 valence electrons. The van der Waals surface area contributed by atoms with Crippen LogP contribution in [0.5, 0.6) is 0 Å². The summed E-state index contributed by atoms with van der Waals surface area (Å²) in [4.78, 5) is 13.9. The molecule has 0 radical (unpaired) electrons. The summed E-state index contributed by atoms with van der Waals surface area (Å²) in [7, 11) is 0. The topological polar surface area (TPSA) is 47.4 Å². The number of carbonyl (C=O) groups is 1. The quantitative estimate of drug-likeness (QED) is 0.809. The molecule has 0 saturated carbocycles. The van der Waals surface area contributed by atoms with Crippen molar-refractivity contribution in [3.05, 3.63) is 42.0 Å². The molecule has 23 heavy (non-hydrogen) atoms. The van der Waals surface area contributed by atoms with Crippen LogP contribution in [0.15, 0.2) is 30.5 Å². The lowest BCUT2D eigenvalue weighted by Gasteiger charge is -2.30. The van der Waals surface area contributed by atoms with E-state index < -0.39 is 5.60 Å². The zero-order valence-electron chi connectivity index (χ0n) is 13.5. The number of rotatable bonds is 1. The molecule has 3 rings (SSSR count). The second-order valence-corrected chi connectivity index (χ2v) is 6.64. The Morgan fingerprint density at radius 3 is 2.57 bits per heavy atom. The van der Waals surface area contributed by atoms with Gasteiger partial charge in [-0.1, -0.05) is 12.1 Å². The highest BCUT2D eigenvalue weighted by Gasteiger charge is 2.27. The number of amides is 1. The molecule has 5 nitrogen and oxygen atoms in total. The van der Waals surface area contributed by atoms with Crippen LogP contribution in [0, 0.1) is 5.82 Å². The van der Waals surface area contributed by atoms with Gasteiger partial charge in [-0.3, -0.25) is 4.68 Å². The molecule has 2 heterocycles. The van der Waals surface area contributed by atoms with Crippen molar-refractivity contribution in [3.8, 4) is 11.1 Å². The lowest BCUT2D eigenvalue weighted by atomic mass is 10.1. The molecule has 1 aliphatic heterocycles. The number of halogens is 1. The third-order valence-electron chi connectivity index (χ3n) is 3.68. The normalized spacial score (nSPS) is 14.5. The summed E-state index contributed by atoms with van der Waals surface area (Å²) < 4.78 is 20.4. The maximum atomic E-state index is 13.1. The number of carbonyl (C=O) groups excluding carboxylic acids is 1. The number of hydrogen-bond acceptors (Lipinski definition) is 3. The summed E-state index contributed by atoms with van der Waals surface area (Å²) in [5.41, 5.74) is 2.22. The van der Waals surface area contributed by atoms with Crippen LogP contribution in [0.25, 0.3) is 11.1 Å². The molecule has 1 amide bonds. The number of nitrogens with zero attached hydrogens (tertiary/aromatic N) is 3. The predicted molar refractivity (Wildman–Crippen MR) is 84.3 cm³/mol. The minimum atomic E-state index is -0.519. The van der Waals surface area contributed by atoms with E-state index in [-0.39, 0.29) is 11.9 Å². The van der Waals surface area contributed by atoms with E-state index in [1.165, 1.54) is 12.1 Å². The molecule has 0 spiro atoms. The second-order valence-electron chi connectivity index (χ2n) is 6.64. The first kappa shape index (κ1) is 15.5. The fraction of sp³-hybridized carbons (Fsp3) is 0.412. The van der Waals surface area contributed by atoms with E-state index in [0.717, 1.165) is 16.8 Å². The van der Waals surface area contributed by atoms with Crippen LogP contribution < -0.4 is 0 Å². The summed E-state index contributed by atoms with van der Waals surface area (Å²) in [6.07, 6.45) is 1.44. The smallest absolute Gasteiger partial charge is 0.410 e. The standard InChI is InChI=1S/C17H20FN3O2/c1-17(2,3)23-16(22)20-8-9-21-15(11-20)14(10-19-21)12-4-6-13(18)7-5-12/h4-7,10H,8-9,11H2,1-3H3. The first-order chi connectivity index (χ1) is 10.8. The average molecular weight is 317 g/mol. The molecule has 0 saturated heterocycles. The Hall–Kier alpha value is -2.37. The highest BCUT2D eigenvalue weighted by atomic mass is 19.1. The Morgan fingerprint density at radius 2 is 1.91 bits per heavy atom. The Kier molecular flexibility index (Phi) is 3.83. The molecule has 1 aliphatic rings. The van der Waals surface area contributed by atoms with Gasteiger partial charge >= 0.3 is 6.09 Å². The third kappa shape index (κ3) is 3.36.